The van der Waals surface area contributed by atoms with Crippen LogP contribution in [0.25, 0.3) is 0 Å². The molecule has 7 nitrogen and oxygen atoms in total. The van der Waals surface area contributed by atoms with Gasteiger partial charge in [-0.05, 0) is 20.3 Å². The molecule has 0 bridgehead atoms. The first-order chi connectivity index (χ1) is 10.4. The van der Waals surface area contributed by atoms with Crippen LogP contribution in [0.5, 0.6) is 0 Å². The Balaban J connectivity index is 2.19. The third-order valence-electron chi connectivity index (χ3n) is 4.35. The number of carbonyl (C=O) groups is 2. The third-order valence-corrected chi connectivity index (χ3v) is 4.35. The van der Waals surface area contributed by atoms with Crippen molar-refractivity contribution in [1.29, 1.82) is 0 Å². The first kappa shape index (κ1) is 17.2. The van der Waals surface area contributed by atoms with Crippen LogP contribution >= 0.6 is 0 Å². The summed E-state index contributed by atoms with van der Waals surface area (Å²) in [6, 6.07) is -0.803. The fourth-order valence-electron chi connectivity index (χ4n) is 3.04. The van der Waals surface area contributed by atoms with Crippen molar-refractivity contribution in [2.24, 2.45) is 5.73 Å². The molecule has 2 aliphatic rings. The highest BCUT2D eigenvalue weighted by atomic mass is 16.7. The van der Waals surface area contributed by atoms with Crippen LogP contribution < -0.4 is 11.1 Å². The zero-order valence-electron chi connectivity index (χ0n) is 13.6. The number of carbonyl (C=O) groups excluding carboxylic acids is 2. The van der Waals surface area contributed by atoms with Gasteiger partial charge < -0.3 is 25.3 Å². The van der Waals surface area contributed by atoms with Crippen molar-refractivity contribution < 1.29 is 23.8 Å². The number of hydrogen-bond donors (Lipinski definition) is 2. The molecule has 2 rings (SSSR count). The van der Waals surface area contributed by atoms with E-state index in [9.17, 15) is 9.59 Å². The second-order valence-corrected chi connectivity index (χ2v) is 6.06. The summed E-state index contributed by atoms with van der Waals surface area (Å²) in [5.41, 5.74) is 5.18. The van der Waals surface area contributed by atoms with E-state index in [4.69, 9.17) is 19.9 Å². The van der Waals surface area contributed by atoms with Crippen molar-refractivity contribution >= 4 is 11.9 Å². The number of hydrogen-bond acceptors (Lipinski definition) is 6. The summed E-state index contributed by atoms with van der Waals surface area (Å²) in [5.74, 6) is -0.572. The Kier molecular flexibility index (Phi) is 5.09. The molecule has 1 saturated carbocycles. The van der Waals surface area contributed by atoms with Crippen LogP contribution in [-0.2, 0) is 23.8 Å². The standard InChI is InChI=1S/C15H26N2O5/c1-5-8(3)21-12-11(17-9(4)18)10(16)7-15(13(12)22-15)14(19)20-6-2/h8,10-13H,5-7,16H2,1-4H3,(H,17,18)/t8?,10-,11+,12-,13?,15?/m0/s1. The first-order valence-electron chi connectivity index (χ1n) is 7.88. The molecule has 7 heteroatoms. The zero-order valence-corrected chi connectivity index (χ0v) is 13.6. The van der Waals surface area contributed by atoms with E-state index in [-0.39, 0.29) is 24.7 Å². The van der Waals surface area contributed by atoms with Gasteiger partial charge in [-0.25, -0.2) is 4.79 Å². The molecule has 1 heterocycles. The van der Waals surface area contributed by atoms with Crippen LogP contribution in [-0.4, -0.2) is 54.5 Å². The summed E-state index contributed by atoms with van der Waals surface area (Å²) >= 11 is 0. The number of epoxide rings is 1. The molecule has 1 aliphatic carbocycles. The summed E-state index contributed by atoms with van der Waals surface area (Å²) in [6.07, 6.45) is 0.249. The van der Waals surface area contributed by atoms with E-state index in [1.54, 1.807) is 6.92 Å². The molecule has 22 heavy (non-hydrogen) atoms. The minimum atomic E-state index is -1.01. The first-order valence-corrected chi connectivity index (χ1v) is 7.88. The summed E-state index contributed by atoms with van der Waals surface area (Å²) in [4.78, 5) is 23.6. The minimum Gasteiger partial charge on any atom is -0.464 e. The Labute approximate surface area is 130 Å². The molecule has 126 valence electrons. The second-order valence-electron chi connectivity index (χ2n) is 6.06. The van der Waals surface area contributed by atoms with Crippen molar-refractivity contribution in [3.8, 4) is 0 Å². The molecular formula is C15H26N2O5. The SMILES string of the molecule is CCOC(=O)C12C[C@H](N)[C@@H](NC(C)=O)[C@H](OC(C)CC)C1O2. The molecule has 1 saturated heterocycles. The number of nitrogens with one attached hydrogen (secondary N) is 1. The lowest BCUT2D eigenvalue weighted by atomic mass is 9.80. The van der Waals surface area contributed by atoms with Crippen LogP contribution in [0.2, 0.25) is 0 Å². The van der Waals surface area contributed by atoms with E-state index in [2.05, 4.69) is 5.32 Å². The van der Waals surface area contributed by atoms with Crippen LogP contribution in [0.15, 0.2) is 0 Å². The van der Waals surface area contributed by atoms with Crippen LogP contribution in [0, 0.1) is 0 Å². The molecule has 0 spiro atoms. The Bertz CT molecular complexity index is 444. The Morgan fingerprint density at radius 2 is 2.14 bits per heavy atom. The number of nitrogens with two attached hydrogens (primary N) is 1. The Morgan fingerprint density at radius 3 is 2.68 bits per heavy atom. The largest absolute Gasteiger partial charge is 0.464 e. The van der Waals surface area contributed by atoms with E-state index >= 15 is 0 Å². The summed E-state index contributed by atoms with van der Waals surface area (Å²) in [7, 11) is 0. The van der Waals surface area contributed by atoms with Gasteiger partial charge in [0.25, 0.3) is 0 Å². The highest BCUT2D eigenvalue weighted by molar-refractivity contribution is 5.84. The quantitative estimate of drug-likeness (QED) is 0.533. The highest BCUT2D eigenvalue weighted by Crippen LogP contribution is 2.49. The van der Waals surface area contributed by atoms with Crippen LogP contribution in [0.3, 0.4) is 0 Å². The Morgan fingerprint density at radius 1 is 1.45 bits per heavy atom. The number of fused-ring (bicyclic) bond motifs is 1. The molecule has 2 fully saturated rings. The highest BCUT2D eigenvalue weighted by Gasteiger charge is 2.72. The van der Waals surface area contributed by atoms with Crippen molar-refractivity contribution in [1.82, 2.24) is 5.32 Å². The topological polar surface area (TPSA) is 103 Å². The third kappa shape index (κ3) is 3.11. The average Bonchev–Trinajstić information content (AvgIpc) is 3.17. The smallest absolute Gasteiger partial charge is 0.341 e. The Hall–Kier alpha value is -1.18. The molecule has 0 aromatic heterocycles. The van der Waals surface area contributed by atoms with Crippen molar-refractivity contribution in [2.45, 2.75) is 76.5 Å². The summed E-state index contributed by atoms with van der Waals surface area (Å²) in [5, 5.41) is 2.84. The molecule has 0 radical (unpaired) electrons. The molecule has 1 aliphatic heterocycles. The fraction of sp³-hybridized carbons (Fsp3) is 0.867. The molecule has 0 aromatic carbocycles. The fourth-order valence-corrected chi connectivity index (χ4v) is 3.04. The molecular weight excluding hydrogens is 288 g/mol. The van der Waals surface area contributed by atoms with E-state index in [0.717, 1.165) is 6.42 Å². The minimum absolute atomic E-state index is 0.0179. The van der Waals surface area contributed by atoms with E-state index in [1.807, 2.05) is 13.8 Å². The lowest BCUT2D eigenvalue weighted by Crippen LogP contribution is -2.63. The lowest BCUT2D eigenvalue weighted by Gasteiger charge is -2.37. The van der Waals surface area contributed by atoms with E-state index in [1.165, 1.54) is 6.92 Å². The van der Waals surface area contributed by atoms with Gasteiger partial charge >= 0.3 is 5.97 Å². The maximum atomic E-state index is 12.2. The average molecular weight is 314 g/mol. The van der Waals surface area contributed by atoms with Gasteiger partial charge in [0.05, 0.1) is 18.8 Å². The number of esters is 1. The molecule has 0 aromatic rings. The normalized spacial score (nSPS) is 37.9. The van der Waals surface area contributed by atoms with Gasteiger partial charge in [0, 0.05) is 19.4 Å². The molecule has 1 amide bonds. The van der Waals surface area contributed by atoms with Gasteiger partial charge in [0.2, 0.25) is 5.91 Å². The van der Waals surface area contributed by atoms with E-state index in [0.29, 0.717) is 6.42 Å². The monoisotopic (exact) mass is 314 g/mol. The van der Waals surface area contributed by atoms with Gasteiger partial charge in [-0.2, -0.15) is 0 Å². The number of amides is 1. The predicted molar refractivity (Wildman–Crippen MR) is 79.1 cm³/mol. The van der Waals surface area contributed by atoms with Crippen molar-refractivity contribution in [3.63, 3.8) is 0 Å². The molecule has 3 N–H and O–H groups in total. The van der Waals surface area contributed by atoms with Gasteiger partial charge in [0.1, 0.15) is 12.2 Å². The lowest BCUT2D eigenvalue weighted by molar-refractivity contribution is -0.151. The molecule has 6 atom stereocenters. The van der Waals surface area contributed by atoms with E-state index < -0.39 is 29.8 Å². The van der Waals surface area contributed by atoms with Gasteiger partial charge in [-0.1, -0.05) is 6.92 Å². The second kappa shape index (κ2) is 6.52. The van der Waals surface area contributed by atoms with Crippen molar-refractivity contribution in [3.05, 3.63) is 0 Å². The van der Waals surface area contributed by atoms with Crippen molar-refractivity contribution in [2.75, 3.05) is 6.61 Å². The van der Waals surface area contributed by atoms with Gasteiger partial charge in [-0.3, -0.25) is 4.79 Å². The van der Waals surface area contributed by atoms with Crippen LogP contribution in [0.1, 0.15) is 40.5 Å². The maximum Gasteiger partial charge on any atom is 0.341 e. The maximum absolute atomic E-state index is 12.2. The van der Waals surface area contributed by atoms with Gasteiger partial charge in [-0.15, -0.1) is 0 Å². The van der Waals surface area contributed by atoms with Crippen LogP contribution in [0.4, 0.5) is 0 Å². The predicted octanol–water partition coefficient (Wildman–Crippen LogP) is 0.107. The summed E-state index contributed by atoms with van der Waals surface area (Å²) in [6.45, 7) is 7.43. The molecule has 3 unspecified atom stereocenters. The number of rotatable bonds is 6. The van der Waals surface area contributed by atoms with Gasteiger partial charge in [0.15, 0.2) is 5.60 Å². The zero-order chi connectivity index (χ0) is 16.5. The number of ether oxygens (including phenoxy) is 3. The summed E-state index contributed by atoms with van der Waals surface area (Å²) < 4.78 is 16.8.